The second kappa shape index (κ2) is 4.15. The van der Waals surface area contributed by atoms with Gasteiger partial charge in [0.15, 0.2) is 0 Å². The third-order valence-corrected chi connectivity index (χ3v) is 1.62. The Morgan fingerprint density at radius 3 is 3.20 bits per heavy atom. The zero-order valence-corrected chi connectivity index (χ0v) is 6.56. The molecule has 0 atom stereocenters. The van der Waals surface area contributed by atoms with E-state index >= 15 is 0 Å². The van der Waals surface area contributed by atoms with Crippen LogP contribution in [0.2, 0.25) is 0 Å². The predicted octanol–water partition coefficient (Wildman–Crippen LogP) is 2.22. The molecule has 1 nitrogen and oxygen atoms in total. The Morgan fingerprint density at radius 2 is 2.40 bits per heavy atom. The maximum Gasteiger partial charge on any atom is 0.0296 e. The Kier molecular flexibility index (Phi) is 3.07. The molecule has 0 heterocycles. The largest absolute Gasteiger partial charge is 0.386 e. The lowest BCUT2D eigenvalue weighted by molar-refractivity contribution is 0.850. The highest BCUT2D eigenvalue weighted by molar-refractivity contribution is 5.18. The number of rotatable bonds is 2. The standard InChI is InChI=1S/C9H15N/c1-2-10-9-7-5-3-4-6-8-9/h5,7-8,10H,2-4,6H2,1H3. The molecule has 0 aromatic rings. The topological polar surface area (TPSA) is 12.0 Å². The van der Waals surface area contributed by atoms with Crippen molar-refractivity contribution in [3.8, 4) is 0 Å². The van der Waals surface area contributed by atoms with E-state index in [-0.39, 0.29) is 0 Å². The molecule has 0 aromatic carbocycles. The van der Waals surface area contributed by atoms with Crippen LogP contribution in [0.4, 0.5) is 0 Å². The minimum atomic E-state index is 1.02. The van der Waals surface area contributed by atoms with Crippen LogP contribution in [0.15, 0.2) is 23.9 Å². The molecule has 0 aliphatic heterocycles. The number of likely N-dealkylation sites (N-methyl/N-ethyl adjacent to an activating group) is 1. The van der Waals surface area contributed by atoms with E-state index in [0.717, 1.165) is 6.54 Å². The van der Waals surface area contributed by atoms with E-state index in [1.54, 1.807) is 0 Å². The van der Waals surface area contributed by atoms with Crippen molar-refractivity contribution in [1.82, 2.24) is 5.32 Å². The number of allylic oxidation sites excluding steroid dienone is 3. The summed E-state index contributed by atoms with van der Waals surface area (Å²) in [5, 5.41) is 3.30. The van der Waals surface area contributed by atoms with Gasteiger partial charge in [-0.15, -0.1) is 0 Å². The molecule has 0 radical (unpaired) electrons. The van der Waals surface area contributed by atoms with E-state index in [1.807, 2.05) is 0 Å². The minimum Gasteiger partial charge on any atom is -0.386 e. The van der Waals surface area contributed by atoms with Gasteiger partial charge in [-0.05, 0) is 32.3 Å². The average molecular weight is 137 g/mol. The van der Waals surface area contributed by atoms with E-state index in [0.29, 0.717) is 0 Å². The zero-order chi connectivity index (χ0) is 7.23. The van der Waals surface area contributed by atoms with Crippen LogP contribution < -0.4 is 5.32 Å². The van der Waals surface area contributed by atoms with Crippen molar-refractivity contribution < 1.29 is 0 Å². The fraction of sp³-hybridized carbons (Fsp3) is 0.556. The van der Waals surface area contributed by atoms with Gasteiger partial charge in [0.05, 0.1) is 0 Å². The summed E-state index contributed by atoms with van der Waals surface area (Å²) >= 11 is 0. The first-order chi connectivity index (χ1) is 4.93. The van der Waals surface area contributed by atoms with Gasteiger partial charge in [0.25, 0.3) is 0 Å². The molecule has 1 heteroatoms. The van der Waals surface area contributed by atoms with Crippen molar-refractivity contribution in [2.75, 3.05) is 6.54 Å². The Labute approximate surface area is 62.8 Å². The van der Waals surface area contributed by atoms with Crippen LogP contribution in [0.1, 0.15) is 26.2 Å². The fourth-order valence-electron chi connectivity index (χ4n) is 1.11. The van der Waals surface area contributed by atoms with E-state index in [1.165, 1.54) is 25.0 Å². The summed E-state index contributed by atoms with van der Waals surface area (Å²) in [6, 6.07) is 0. The highest BCUT2D eigenvalue weighted by Crippen LogP contribution is 2.07. The van der Waals surface area contributed by atoms with Gasteiger partial charge in [0.1, 0.15) is 0 Å². The van der Waals surface area contributed by atoms with Crippen molar-refractivity contribution in [1.29, 1.82) is 0 Å². The predicted molar refractivity (Wildman–Crippen MR) is 44.8 cm³/mol. The first-order valence-electron chi connectivity index (χ1n) is 4.04. The van der Waals surface area contributed by atoms with Gasteiger partial charge < -0.3 is 5.32 Å². The summed E-state index contributed by atoms with van der Waals surface area (Å²) in [5.41, 5.74) is 1.29. The lowest BCUT2D eigenvalue weighted by Gasteiger charge is -2.00. The normalized spacial score (nSPS) is 17.9. The summed E-state index contributed by atoms with van der Waals surface area (Å²) in [4.78, 5) is 0. The molecule has 10 heavy (non-hydrogen) atoms. The molecule has 0 saturated carbocycles. The molecule has 1 rings (SSSR count). The lowest BCUT2D eigenvalue weighted by Crippen LogP contribution is -2.09. The quantitative estimate of drug-likeness (QED) is 0.615. The van der Waals surface area contributed by atoms with E-state index in [2.05, 4.69) is 30.5 Å². The Balaban J connectivity index is 2.44. The molecule has 0 saturated heterocycles. The van der Waals surface area contributed by atoms with Gasteiger partial charge in [-0.2, -0.15) is 0 Å². The van der Waals surface area contributed by atoms with E-state index in [4.69, 9.17) is 0 Å². The summed E-state index contributed by atoms with van der Waals surface area (Å²) in [5.74, 6) is 0. The molecule has 0 unspecified atom stereocenters. The van der Waals surface area contributed by atoms with Crippen LogP contribution in [-0.2, 0) is 0 Å². The maximum atomic E-state index is 3.30. The van der Waals surface area contributed by atoms with E-state index < -0.39 is 0 Å². The minimum absolute atomic E-state index is 1.02. The van der Waals surface area contributed by atoms with Gasteiger partial charge in [-0.3, -0.25) is 0 Å². The van der Waals surface area contributed by atoms with Crippen LogP contribution in [-0.4, -0.2) is 6.54 Å². The molecule has 1 aliphatic carbocycles. The Morgan fingerprint density at radius 1 is 1.50 bits per heavy atom. The summed E-state index contributed by atoms with van der Waals surface area (Å²) in [6.45, 7) is 3.15. The summed E-state index contributed by atoms with van der Waals surface area (Å²) < 4.78 is 0. The van der Waals surface area contributed by atoms with E-state index in [9.17, 15) is 0 Å². The Hall–Kier alpha value is -0.720. The van der Waals surface area contributed by atoms with Crippen molar-refractivity contribution in [3.05, 3.63) is 23.9 Å². The third-order valence-electron chi connectivity index (χ3n) is 1.62. The molecule has 1 N–H and O–H groups in total. The zero-order valence-electron chi connectivity index (χ0n) is 6.56. The van der Waals surface area contributed by atoms with Gasteiger partial charge in [-0.25, -0.2) is 0 Å². The molecule has 1 aliphatic rings. The van der Waals surface area contributed by atoms with Gasteiger partial charge in [-0.1, -0.05) is 12.2 Å². The third kappa shape index (κ3) is 2.26. The fourth-order valence-corrected chi connectivity index (χ4v) is 1.11. The van der Waals surface area contributed by atoms with Gasteiger partial charge in [0.2, 0.25) is 0 Å². The molecule has 56 valence electrons. The molecule has 0 bridgehead atoms. The van der Waals surface area contributed by atoms with Crippen molar-refractivity contribution >= 4 is 0 Å². The highest BCUT2D eigenvalue weighted by atomic mass is 14.9. The van der Waals surface area contributed by atoms with Crippen LogP contribution in [0.25, 0.3) is 0 Å². The number of hydrogen-bond donors (Lipinski definition) is 1. The van der Waals surface area contributed by atoms with Crippen LogP contribution in [0.3, 0.4) is 0 Å². The molecular formula is C9H15N. The van der Waals surface area contributed by atoms with Gasteiger partial charge >= 0.3 is 0 Å². The van der Waals surface area contributed by atoms with Crippen LogP contribution in [0, 0.1) is 0 Å². The molecule has 0 amide bonds. The Bertz CT molecular complexity index is 145. The second-order valence-corrected chi connectivity index (χ2v) is 2.52. The SMILES string of the molecule is CCNC1=CCCCC=C1. The van der Waals surface area contributed by atoms with Crippen molar-refractivity contribution in [2.45, 2.75) is 26.2 Å². The smallest absolute Gasteiger partial charge is 0.0296 e. The number of hydrogen-bond acceptors (Lipinski definition) is 1. The summed E-state index contributed by atoms with van der Waals surface area (Å²) in [6.07, 6.45) is 10.4. The molecule has 0 fully saturated rings. The van der Waals surface area contributed by atoms with Crippen molar-refractivity contribution in [2.24, 2.45) is 0 Å². The van der Waals surface area contributed by atoms with Crippen LogP contribution >= 0.6 is 0 Å². The van der Waals surface area contributed by atoms with Gasteiger partial charge in [0, 0.05) is 12.2 Å². The second-order valence-electron chi connectivity index (χ2n) is 2.52. The molecular weight excluding hydrogens is 122 g/mol. The summed E-state index contributed by atoms with van der Waals surface area (Å²) in [7, 11) is 0. The average Bonchev–Trinajstić information content (AvgIpc) is 2.17. The molecule has 0 aromatic heterocycles. The molecule has 0 spiro atoms. The monoisotopic (exact) mass is 137 g/mol. The van der Waals surface area contributed by atoms with Crippen LogP contribution in [0.5, 0.6) is 0 Å². The van der Waals surface area contributed by atoms with Crippen molar-refractivity contribution in [3.63, 3.8) is 0 Å². The first kappa shape index (κ1) is 7.39. The first-order valence-corrected chi connectivity index (χ1v) is 4.04. The lowest BCUT2D eigenvalue weighted by atomic mass is 10.2. The number of nitrogens with one attached hydrogen (secondary N) is 1. The maximum absolute atomic E-state index is 3.30. The highest BCUT2D eigenvalue weighted by Gasteiger charge is 1.92.